The van der Waals surface area contributed by atoms with Gasteiger partial charge < -0.3 is 4.74 Å². The predicted molar refractivity (Wildman–Crippen MR) is 89.2 cm³/mol. The molecule has 0 aromatic heterocycles. The second kappa shape index (κ2) is 8.11. The molecule has 4 nitrogen and oxygen atoms in total. The number of halogens is 1. The second-order valence-corrected chi connectivity index (χ2v) is 7.49. The molecule has 1 saturated carbocycles. The van der Waals surface area contributed by atoms with Gasteiger partial charge in [-0.2, -0.15) is 0 Å². The largest absolute Gasteiger partial charge is 0.457 e. The number of carbonyl (C=O) groups is 1. The number of thiol groups is 1. The summed E-state index contributed by atoms with van der Waals surface area (Å²) >= 11 is 3.43. The molecule has 2 rings (SSSR count). The van der Waals surface area contributed by atoms with Crippen molar-refractivity contribution in [2.24, 2.45) is 5.92 Å². The summed E-state index contributed by atoms with van der Waals surface area (Å²) in [5.41, 5.74) is 1.66. The van der Waals surface area contributed by atoms with Crippen molar-refractivity contribution in [2.45, 2.75) is 50.9 Å². The highest BCUT2D eigenvalue weighted by Crippen LogP contribution is 2.39. The van der Waals surface area contributed by atoms with Crippen molar-refractivity contribution in [1.82, 2.24) is 0 Å². The van der Waals surface area contributed by atoms with Gasteiger partial charge in [0, 0.05) is 16.8 Å². The number of rotatable bonds is 6. The summed E-state index contributed by atoms with van der Waals surface area (Å²) in [4.78, 5) is 11.7. The Morgan fingerprint density at radius 1 is 1.36 bits per heavy atom. The van der Waals surface area contributed by atoms with Crippen molar-refractivity contribution >= 4 is 32.6 Å². The number of ether oxygens (including phenoxy) is 1. The zero-order chi connectivity index (χ0) is 16.1. The van der Waals surface area contributed by atoms with E-state index in [4.69, 9.17) is 4.74 Å². The molecule has 1 aromatic rings. The first-order valence-electron chi connectivity index (χ1n) is 7.61. The molecule has 1 aliphatic carbocycles. The molecule has 0 bridgehead atoms. The van der Waals surface area contributed by atoms with Crippen LogP contribution in [0.5, 0.6) is 0 Å². The lowest BCUT2D eigenvalue weighted by atomic mass is 9.93. The molecule has 0 amide bonds. The van der Waals surface area contributed by atoms with Gasteiger partial charge in [-0.1, -0.05) is 47.8 Å². The maximum absolute atomic E-state index is 11.7. The van der Waals surface area contributed by atoms with E-state index < -0.39 is 10.7 Å². The first kappa shape index (κ1) is 17.5. The molecule has 6 heteroatoms. The normalized spacial score (nSPS) is 16.9. The van der Waals surface area contributed by atoms with Crippen molar-refractivity contribution in [1.29, 1.82) is 0 Å². The Morgan fingerprint density at radius 2 is 2.05 bits per heavy atom. The first-order chi connectivity index (χ1) is 10.5. The van der Waals surface area contributed by atoms with Crippen LogP contribution in [0.2, 0.25) is 0 Å². The molecule has 122 valence electrons. The van der Waals surface area contributed by atoms with Gasteiger partial charge in [-0.15, -0.1) is 0 Å². The molecule has 0 radical (unpaired) electrons. The van der Waals surface area contributed by atoms with Crippen LogP contribution in [0, 0.1) is 5.92 Å². The smallest absolute Gasteiger partial charge is 0.306 e. The summed E-state index contributed by atoms with van der Waals surface area (Å²) < 4.78 is 28.2. The third-order valence-corrected chi connectivity index (χ3v) is 5.42. The van der Waals surface area contributed by atoms with Crippen LogP contribution in [-0.2, 0) is 26.0 Å². The van der Waals surface area contributed by atoms with Crippen LogP contribution in [-0.4, -0.2) is 14.4 Å². The second-order valence-electron chi connectivity index (χ2n) is 5.65. The van der Waals surface area contributed by atoms with Gasteiger partial charge in [-0.05, 0) is 30.0 Å². The van der Waals surface area contributed by atoms with E-state index in [0.717, 1.165) is 28.4 Å². The highest BCUT2D eigenvalue weighted by atomic mass is 79.9. The molecular formula is C16H21BrO4S. The fraction of sp³-hybridized carbons (Fsp3) is 0.562. The van der Waals surface area contributed by atoms with Crippen molar-refractivity contribution in [3.63, 3.8) is 0 Å². The van der Waals surface area contributed by atoms with Crippen LogP contribution in [0.1, 0.15) is 56.3 Å². The fourth-order valence-corrected chi connectivity index (χ4v) is 4.24. The third-order valence-electron chi connectivity index (χ3n) is 4.08. The summed E-state index contributed by atoms with van der Waals surface area (Å²) in [6.07, 6.45) is 4.59. The van der Waals surface area contributed by atoms with Crippen LogP contribution >= 0.6 is 15.9 Å². The number of benzene rings is 1. The lowest BCUT2D eigenvalue weighted by Crippen LogP contribution is -2.17. The quantitative estimate of drug-likeness (QED) is 0.595. The van der Waals surface area contributed by atoms with Crippen molar-refractivity contribution in [2.75, 3.05) is 0 Å². The van der Waals surface area contributed by atoms with Crippen LogP contribution in [0.25, 0.3) is 0 Å². The standard InChI is InChI=1S/C16H21BrO4S/c1-2-15(18)21-16(11-5-3-4-6-11)12-7-8-13(10-22(19)20)14(17)9-12/h7-9,11,16,22H,2-6,10H2,1H3. The van der Waals surface area contributed by atoms with Gasteiger partial charge in [-0.25, -0.2) is 8.42 Å². The Balaban J connectivity index is 2.26. The summed E-state index contributed by atoms with van der Waals surface area (Å²) in [5.74, 6) is 0.170. The maximum Gasteiger partial charge on any atom is 0.306 e. The summed E-state index contributed by atoms with van der Waals surface area (Å²) in [6.45, 7) is 1.79. The highest BCUT2D eigenvalue weighted by Gasteiger charge is 2.29. The first-order valence-corrected chi connectivity index (χ1v) is 9.76. The van der Waals surface area contributed by atoms with E-state index in [1.807, 2.05) is 12.1 Å². The van der Waals surface area contributed by atoms with Gasteiger partial charge in [-0.3, -0.25) is 4.79 Å². The molecule has 1 unspecified atom stereocenters. The molecule has 0 heterocycles. The van der Waals surface area contributed by atoms with Crippen LogP contribution in [0.3, 0.4) is 0 Å². The van der Waals surface area contributed by atoms with E-state index in [0.29, 0.717) is 12.3 Å². The van der Waals surface area contributed by atoms with Crippen molar-refractivity contribution < 1.29 is 17.9 Å². The molecule has 1 aromatic carbocycles. The third kappa shape index (κ3) is 4.56. The summed E-state index contributed by atoms with van der Waals surface area (Å²) in [6, 6.07) is 5.57. The fourth-order valence-electron chi connectivity index (χ4n) is 2.93. The zero-order valence-electron chi connectivity index (χ0n) is 12.6. The minimum Gasteiger partial charge on any atom is -0.457 e. The Labute approximate surface area is 141 Å². The molecule has 0 saturated heterocycles. The summed E-state index contributed by atoms with van der Waals surface area (Å²) in [5, 5.41) is 0. The van der Waals surface area contributed by atoms with Crippen LogP contribution in [0.4, 0.5) is 0 Å². The van der Waals surface area contributed by atoms with E-state index in [1.54, 1.807) is 13.0 Å². The average Bonchev–Trinajstić information content (AvgIpc) is 3.00. The molecule has 1 atom stereocenters. The molecule has 1 aliphatic rings. The number of carbonyl (C=O) groups excluding carboxylic acids is 1. The van der Waals surface area contributed by atoms with E-state index >= 15 is 0 Å². The van der Waals surface area contributed by atoms with Gasteiger partial charge in [0.1, 0.15) is 16.8 Å². The van der Waals surface area contributed by atoms with Crippen LogP contribution < -0.4 is 0 Å². The van der Waals surface area contributed by atoms with Gasteiger partial charge in [0.2, 0.25) is 0 Å². The summed E-state index contributed by atoms with van der Waals surface area (Å²) in [7, 11) is -2.46. The molecule has 22 heavy (non-hydrogen) atoms. The molecular weight excluding hydrogens is 368 g/mol. The minimum absolute atomic E-state index is 0.0129. The van der Waals surface area contributed by atoms with Gasteiger partial charge in [0.15, 0.2) is 0 Å². The van der Waals surface area contributed by atoms with E-state index in [2.05, 4.69) is 15.9 Å². The van der Waals surface area contributed by atoms with Crippen molar-refractivity contribution in [3.8, 4) is 0 Å². The van der Waals surface area contributed by atoms with Gasteiger partial charge >= 0.3 is 5.97 Å². The number of hydrogen-bond acceptors (Lipinski definition) is 4. The van der Waals surface area contributed by atoms with Crippen LogP contribution in [0.15, 0.2) is 22.7 Å². The Bertz CT molecular complexity index is 598. The molecule has 0 spiro atoms. The van der Waals surface area contributed by atoms with Gasteiger partial charge in [0.25, 0.3) is 0 Å². The van der Waals surface area contributed by atoms with E-state index in [-0.39, 0.29) is 17.8 Å². The SMILES string of the molecule is CCC(=O)OC(c1ccc(C[SH](=O)=O)c(Br)c1)C1CCCC1. The molecule has 0 aliphatic heterocycles. The van der Waals surface area contributed by atoms with E-state index in [9.17, 15) is 13.2 Å². The average molecular weight is 389 g/mol. The highest BCUT2D eigenvalue weighted by molar-refractivity contribution is 9.10. The van der Waals surface area contributed by atoms with Gasteiger partial charge in [0.05, 0.1) is 5.75 Å². The zero-order valence-corrected chi connectivity index (χ0v) is 15.1. The molecule has 0 N–H and O–H groups in total. The minimum atomic E-state index is -2.46. The number of esters is 1. The molecule has 1 fully saturated rings. The Morgan fingerprint density at radius 3 is 2.59 bits per heavy atom. The predicted octanol–water partition coefficient (Wildman–Crippen LogP) is 3.75. The van der Waals surface area contributed by atoms with E-state index in [1.165, 1.54) is 12.8 Å². The number of hydrogen-bond donors (Lipinski definition) is 1. The lowest BCUT2D eigenvalue weighted by molar-refractivity contribution is -0.152. The topological polar surface area (TPSA) is 60.4 Å². The lowest BCUT2D eigenvalue weighted by Gasteiger charge is -2.24. The Kier molecular flexibility index (Phi) is 6.44. The monoisotopic (exact) mass is 388 g/mol. The van der Waals surface area contributed by atoms with Crippen molar-refractivity contribution in [3.05, 3.63) is 33.8 Å². The maximum atomic E-state index is 11.7. The Hall–Kier alpha value is -0.880.